The molecule has 3 rings (SSSR count). The van der Waals surface area contributed by atoms with Crippen LogP contribution in [0.1, 0.15) is 35.2 Å². The first-order chi connectivity index (χ1) is 12.4. The molecule has 1 aliphatic heterocycles. The normalized spacial score (nSPS) is 15.6. The van der Waals surface area contributed by atoms with Gasteiger partial charge in [-0.1, -0.05) is 18.6 Å². The number of nitrogens with zero attached hydrogens (tertiary/aromatic N) is 1. The maximum atomic E-state index is 12.4. The van der Waals surface area contributed by atoms with Crippen LogP contribution in [0, 0.1) is 0 Å². The molecule has 0 radical (unpaired) electrons. The third kappa shape index (κ3) is 4.93. The Kier molecular flexibility index (Phi) is 5.74. The monoisotopic (exact) mass is 372 g/mol. The first kappa shape index (κ1) is 18.6. The van der Waals surface area contributed by atoms with Crippen molar-refractivity contribution in [3.05, 3.63) is 59.7 Å². The fraction of sp³-hybridized carbons (Fsp3) is 0.350. The van der Waals surface area contributed by atoms with Gasteiger partial charge in [0.15, 0.2) is 9.84 Å². The fourth-order valence-corrected chi connectivity index (χ4v) is 3.76. The number of amides is 1. The van der Waals surface area contributed by atoms with Crippen LogP contribution in [0.5, 0.6) is 0 Å². The number of carbonyl (C=O) groups is 1. The van der Waals surface area contributed by atoms with Gasteiger partial charge in [-0.3, -0.25) is 9.69 Å². The van der Waals surface area contributed by atoms with E-state index in [0.717, 1.165) is 25.9 Å². The average Bonchev–Trinajstić information content (AvgIpc) is 2.63. The van der Waals surface area contributed by atoms with E-state index >= 15 is 0 Å². The fourth-order valence-electron chi connectivity index (χ4n) is 3.13. The highest BCUT2D eigenvalue weighted by atomic mass is 32.2. The molecule has 1 aliphatic rings. The van der Waals surface area contributed by atoms with Gasteiger partial charge in [0.2, 0.25) is 0 Å². The number of hydrogen-bond acceptors (Lipinski definition) is 4. The Morgan fingerprint density at radius 3 is 2.15 bits per heavy atom. The third-order valence-corrected chi connectivity index (χ3v) is 5.74. The van der Waals surface area contributed by atoms with Crippen molar-refractivity contribution in [3.63, 3.8) is 0 Å². The number of sulfone groups is 1. The van der Waals surface area contributed by atoms with Crippen LogP contribution in [0.4, 0.5) is 5.69 Å². The zero-order valence-corrected chi connectivity index (χ0v) is 15.8. The largest absolute Gasteiger partial charge is 0.322 e. The number of piperidine rings is 1. The van der Waals surface area contributed by atoms with E-state index in [4.69, 9.17) is 0 Å². The highest BCUT2D eigenvalue weighted by Crippen LogP contribution is 2.16. The van der Waals surface area contributed by atoms with Gasteiger partial charge in [0.25, 0.3) is 5.91 Å². The van der Waals surface area contributed by atoms with Gasteiger partial charge in [0, 0.05) is 24.1 Å². The molecule has 6 heteroatoms. The van der Waals surface area contributed by atoms with Gasteiger partial charge in [0.1, 0.15) is 0 Å². The smallest absolute Gasteiger partial charge is 0.255 e. The summed E-state index contributed by atoms with van der Waals surface area (Å²) in [5.74, 6) is -0.207. The number of carbonyl (C=O) groups excluding carboxylic acids is 1. The average molecular weight is 372 g/mol. The Balaban J connectivity index is 1.60. The third-order valence-electron chi connectivity index (χ3n) is 4.61. The predicted molar refractivity (Wildman–Crippen MR) is 103 cm³/mol. The van der Waals surface area contributed by atoms with Gasteiger partial charge in [-0.25, -0.2) is 8.42 Å². The van der Waals surface area contributed by atoms with Gasteiger partial charge in [-0.2, -0.15) is 0 Å². The summed E-state index contributed by atoms with van der Waals surface area (Å²) in [6, 6.07) is 13.8. The lowest BCUT2D eigenvalue weighted by molar-refractivity contribution is 0.102. The summed E-state index contributed by atoms with van der Waals surface area (Å²) >= 11 is 0. The molecule has 0 unspecified atom stereocenters. The zero-order valence-electron chi connectivity index (χ0n) is 14.9. The predicted octanol–water partition coefficient (Wildman–Crippen LogP) is 3.33. The summed E-state index contributed by atoms with van der Waals surface area (Å²) in [5, 5.41) is 2.79. The second kappa shape index (κ2) is 8.01. The molecule has 1 fully saturated rings. The van der Waals surface area contributed by atoms with Gasteiger partial charge < -0.3 is 5.32 Å². The molecular formula is C20H24N2O3S. The lowest BCUT2D eigenvalue weighted by atomic mass is 10.1. The number of anilines is 1. The maximum absolute atomic E-state index is 12.4. The number of hydrogen-bond donors (Lipinski definition) is 1. The second-order valence-corrected chi connectivity index (χ2v) is 8.80. The summed E-state index contributed by atoms with van der Waals surface area (Å²) < 4.78 is 22.9. The Labute approximate surface area is 154 Å². The minimum Gasteiger partial charge on any atom is -0.322 e. The van der Waals surface area contributed by atoms with E-state index in [-0.39, 0.29) is 10.8 Å². The molecule has 2 aromatic carbocycles. The maximum Gasteiger partial charge on any atom is 0.255 e. The minimum absolute atomic E-state index is 0.207. The van der Waals surface area contributed by atoms with Crippen LogP contribution < -0.4 is 5.32 Å². The van der Waals surface area contributed by atoms with Crippen LogP contribution in [-0.4, -0.2) is 38.6 Å². The first-order valence-electron chi connectivity index (χ1n) is 8.84. The highest BCUT2D eigenvalue weighted by Gasteiger charge is 2.12. The van der Waals surface area contributed by atoms with E-state index in [0.29, 0.717) is 11.3 Å². The molecule has 26 heavy (non-hydrogen) atoms. The number of nitrogens with one attached hydrogen (secondary N) is 1. The molecule has 0 bridgehead atoms. The number of benzene rings is 2. The van der Waals surface area contributed by atoms with E-state index in [2.05, 4.69) is 10.2 Å². The molecule has 1 heterocycles. The Bertz CT molecular complexity index is 853. The molecule has 0 aliphatic carbocycles. The summed E-state index contributed by atoms with van der Waals surface area (Å²) in [6.45, 7) is 3.21. The molecule has 0 saturated carbocycles. The van der Waals surface area contributed by atoms with Crippen LogP contribution in [0.2, 0.25) is 0 Å². The van der Waals surface area contributed by atoms with Crippen molar-refractivity contribution in [2.75, 3.05) is 24.7 Å². The molecular weight excluding hydrogens is 348 g/mol. The molecule has 0 spiro atoms. The standard InChI is InChI=1S/C20H24N2O3S/c1-26(24,25)19-11-9-18(10-12-19)21-20(23)17-7-5-16(6-8-17)15-22-13-3-2-4-14-22/h5-12H,2-4,13-15H2,1H3,(H,21,23). The lowest BCUT2D eigenvalue weighted by Gasteiger charge is -2.26. The Hall–Kier alpha value is -2.18. The summed E-state index contributed by atoms with van der Waals surface area (Å²) in [4.78, 5) is 15.0. The van der Waals surface area contributed by atoms with Crippen LogP contribution in [0.25, 0.3) is 0 Å². The van der Waals surface area contributed by atoms with Gasteiger partial charge in [-0.15, -0.1) is 0 Å². The quantitative estimate of drug-likeness (QED) is 0.874. The molecule has 138 valence electrons. The Morgan fingerprint density at radius 2 is 1.58 bits per heavy atom. The van der Waals surface area contributed by atoms with E-state index in [1.165, 1.54) is 37.0 Å². The Morgan fingerprint density at radius 1 is 0.962 bits per heavy atom. The van der Waals surface area contributed by atoms with E-state index in [9.17, 15) is 13.2 Å². The van der Waals surface area contributed by atoms with E-state index < -0.39 is 9.84 Å². The zero-order chi connectivity index (χ0) is 18.6. The first-order valence-corrected chi connectivity index (χ1v) is 10.7. The molecule has 5 nitrogen and oxygen atoms in total. The van der Waals surface area contributed by atoms with Crippen molar-refractivity contribution in [1.29, 1.82) is 0 Å². The summed E-state index contributed by atoms with van der Waals surface area (Å²) in [6.07, 6.45) is 5.00. The van der Waals surface area contributed by atoms with E-state index in [1.54, 1.807) is 12.1 Å². The molecule has 1 N–H and O–H groups in total. The number of rotatable bonds is 5. The molecule has 0 atom stereocenters. The van der Waals surface area contributed by atoms with Crippen molar-refractivity contribution in [3.8, 4) is 0 Å². The minimum atomic E-state index is -3.23. The SMILES string of the molecule is CS(=O)(=O)c1ccc(NC(=O)c2ccc(CN3CCCCC3)cc2)cc1. The van der Waals surface area contributed by atoms with Crippen LogP contribution in [0.3, 0.4) is 0 Å². The van der Waals surface area contributed by atoms with Gasteiger partial charge in [0.05, 0.1) is 4.90 Å². The molecule has 2 aromatic rings. The van der Waals surface area contributed by atoms with Crippen molar-refractivity contribution in [2.24, 2.45) is 0 Å². The number of likely N-dealkylation sites (tertiary alicyclic amines) is 1. The molecule has 1 amide bonds. The van der Waals surface area contributed by atoms with Crippen molar-refractivity contribution < 1.29 is 13.2 Å². The van der Waals surface area contributed by atoms with E-state index in [1.807, 2.05) is 24.3 Å². The molecule has 1 saturated heterocycles. The van der Waals surface area contributed by atoms with Crippen molar-refractivity contribution >= 4 is 21.4 Å². The van der Waals surface area contributed by atoms with Gasteiger partial charge >= 0.3 is 0 Å². The summed E-state index contributed by atoms with van der Waals surface area (Å²) in [5.41, 5.74) is 2.36. The lowest BCUT2D eigenvalue weighted by Crippen LogP contribution is -2.29. The topological polar surface area (TPSA) is 66.5 Å². The van der Waals surface area contributed by atoms with Crippen LogP contribution in [0.15, 0.2) is 53.4 Å². The summed E-state index contributed by atoms with van der Waals surface area (Å²) in [7, 11) is -3.23. The van der Waals surface area contributed by atoms with Crippen LogP contribution >= 0.6 is 0 Å². The second-order valence-electron chi connectivity index (χ2n) is 6.78. The molecule has 0 aromatic heterocycles. The van der Waals surface area contributed by atoms with Gasteiger partial charge in [-0.05, 0) is 67.9 Å². The van der Waals surface area contributed by atoms with Crippen LogP contribution in [-0.2, 0) is 16.4 Å². The van der Waals surface area contributed by atoms with Crippen molar-refractivity contribution in [1.82, 2.24) is 4.90 Å². The van der Waals surface area contributed by atoms with Crippen molar-refractivity contribution in [2.45, 2.75) is 30.7 Å². The highest BCUT2D eigenvalue weighted by molar-refractivity contribution is 7.90.